The van der Waals surface area contributed by atoms with Crippen LogP contribution in [0.4, 0.5) is 0 Å². The Labute approximate surface area is 170 Å². The van der Waals surface area contributed by atoms with Gasteiger partial charge in [-0.3, -0.25) is 4.99 Å². The first-order valence-electron chi connectivity index (χ1n) is 10.1. The van der Waals surface area contributed by atoms with Crippen molar-refractivity contribution in [2.75, 3.05) is 40.3 Å². The Morgan fingerprint density at radius 3 is 2.36 bits per heavy atom. The molecule has 0 unspecified atom stereocenters. The van der Waals surface area contributed by atoms with Gasteiger partial charge in [0.2, 0.25) is 10.0 Å². The molecule has 1 aliphatic rings. The van der Waals surface area contributed by atoms with E-state index in [9.17, 15) is 8.42 Å². The van der Waals surface area contributed by atoms with E-state index in [1.165, 1.54) is 36.7 Å². The number of benzene rings is 1. The second kappa shape index (κ2) is 10.8. The van der Waals surface area contributed by atoms with Crippen molar-refractivity contribution in [3.8, 4) is 0 Å². The van der Waals surface area contributed by atoms with Gasteiger partial charge in [-0.15, -0.1) is 0 Å². The third-order valence-corrected chi connectivity index (χ3v) is 7.23. The van der Waals surface area contributed by atoms with Crippen molar-refractivity contribution in [3.05, 3.63) is 29.8 Å². The van der Waals surface area contributed by atoms with Gasteiger partial charge in [0.05, 0.1) is 4.90 Å². The van der Waals surface area contributed by atoms with Crippen molar-refractivity contribution < 1.29 is 8.42 Å². The van der Waals surface area contributed by atoms with Crippen LogP contribution in [0.25, 0.3) is 0 Å². The Morgan fingerprint density at radius 2 is 1.79 bits per heavy atom. The van der Waals surface area contributed by atoms with Gasteiger partial charge in [-0.05, 0) is 57.5 Å². The van der Waals surface area contributed by atoms with Crippen molar-refractivity contribution in [3.63, 3.8) is 0 Å². The second-order valence-electron chi connectivity index (χ2n) is 7.51. The Morgan fingerprint density at radius 1 is 1.14 bits per heavy atom. The van der Waals surface area contributed by atoms with Gasteiger partial charge >= 0.3 is 0 Å². The molecule has 1 aliphatic heterocycles. The van der Waals surface area contributed by atoms with E-state index in [-0.39, 0.29) is 6.04 Å². The van der Waals surface area contributed by atoms with Crippen LogP contribution in [0.5, 0.6) is 0 Å². The SMILES string of the molecule is CN=C(NCCN1CCCCC1)NCc1ccc(S(=O)(=O)N(C)C(C)C)cc1. The van der Waals surface area contributed by atoms with Crippen LogP contribution in [0.3, 0.4) is 0 Å². The molecule has 28 heavy (non-hydrogen) atoms. The number of guanidine groups is 1. The highest BCUT2D eigenvalue weighted by Gasteiger charge is 2.22. The molecule has 2 rings (SSSR count). The molecule has 158 valence electrons. The number of nitrogens with zero attached hydrogens (tertiary/aromatic N) is 3. The van der Waals surface area contributed by atoms with E-state index in [1.54, 1.807) is 26.2 Å². The highest BCUT2D eigenvalue weighted by Crippen LogP contribution is 2.17. The summed E-state index contributed by atoms with van der Waals surface area (Å²) in [5.41, 5.74) is 1.00. The van der Waals surface area contributed by atoms with Crippen molar-refractivity contribution in [1.29, 1.82) is 0 Å². The molecule has 1 fully saturated rings. The van der Waals surface area contributed by atoms with Gasteiger partial charge in [0.1, 0.15) is 0 Å². The number of hydrogen-bond donors (Lipinski definition) is 2. The summed E-state index contributed by atoms with van der Waals surface area (Å²) in [7, 11) is -0.0778. The lowest BCUT2D eigenvalue weighted by Gasteiger charge is -2.26. The van der Waals surface area contributed by atoms with Crippen LogP contribution in [0.1, 0.15) is 38.7 Å². The fourth-order valence-electron chi connectivity index (χ4n) is 3.14. The van der Waals surface area contributed by atoms with E-state index in [0.717, 1.165) is 24.6 Å². The molecule has 0 saturated carbocycles. The molecule has 2 N–H and O–H groups in total. The molecule has 1 aromatic carbocycles. The zero-order valence-electron chi connectivity index (χ0n) is 17.6. The molecule has 8 heteroatoms. The van der Waals surface area contributed by atoms with Gasteiger partial charge in [-0.25, -0.2) is 8.42 Å². The van der Waals surface area contributed by atoms with Crippen molar-refractivity contribution in [1.82, 2.24) is 19.8 Å². The average Bonchev–Trinajstić information content (AvgIpc) is 2.71. The average molecular weight is 410 g/mol. The number of aliphatic imine (C=N–C) groups is 1. The van der Waals surface area contributed by atoms with Gasteiger partial charge < -0.3 is 15.5 Å². The molecule has 0 aliphatic carbocycles. The maximum atomic E-state index is 12.5. The second-order valence-corrected chi connectivity index (χ2v) is 9.51. The van der Waals surface area contributed by atoms with Gasteiger partial charge in [-0.1, -0.05) is 18.6 Å². The molecule has 1 saturated heterocycles. The van der Waals surface area contributed by atoms with E-state index in [4.69, 9.17) is 0 Å². The summed E-state index contributed by atoms with van der Waals surface area (Å²) in [5, 5.41) is 6.63. The summed E-state index contributed by atoms with van der Waals surface area (Å²) in [6.07, 6.45) is 3.94. The third kappa shape index (κ3) is 6.46. The van der Waals surface area contributed by atoms with Crippen LogP contribution >= 0.6 is 0 Å². The molecule has 1 heterocycles. The topological polar surface area (TPSA) is 77.0 Å². The van der Waals surface area contributed by atoms with Crippen molar-refractivity contribution in [2.45, 2.75) is 50.6 Å². The maximum absolute atomic E-state index is 12.5. The molecular weight excluding hydrogens is 374 g/mol. The standard InChI is InChI=1S/C20H35N5O2S/c1-17(2)24(4)28(26,27)19-10-8-18(9-11-19)16-23-20(21-3)22-12-15-25-13-6-5-7-14-25/h8-11,17H,5-7,12-16H2,1-4H3,(H2,21,22,23). The van der Waals surface area contributed by atoms with E-state index < -0.39 is 10.0 Å². The highest BCUT2D eigenvalue weighted by atomic mass is 32.2. The summed E-state index contributed by atoms with van der Waals surface area (Å²) in [6.45, 7) is 8.57. The van der Waals surface area contributed by atoms with Crippen LogP contribution < -0.4 is 10.6 Å². The molecule has 0 bridgehead atoms. The fourth-order valence-corrected chi connectivity index (χ4v) is 4.51. The Balaban J connectivity index is 1.82. The molecular formula is C20H35N5O2S. The fraction of sp³-hybridized carbons (Fsp3) is 0.650. The normalized spacial score (nSPS) is 16.6. The van der Waals surface area contributed by atoms with Crippen LogP contribution in [0.2, 0.25) is 0 Å². The number of piperidine rings is 1. The Bertz CT molecular complexity index is 725. The largest absolute Gasteiger partial charge is 0.355 e. The first-order valence-corrected chi connectivity index (χ1v) is 11.5. The third-order valence-electron chi connectivity index (χ3n) is 5.18. The van der Waals surface area contributed by atoms with Crippen LogP contribution in [0, 0.1) is 0 Å². The Kier molecular flexibility index (Phi) is 8.72. The van der Waals surface area contributed by atoms with Crippen molar-refractivity contribution in [2.24, 2.45) is 4.99 Å². The zero-order chi connectivity index (χ0) is 20.6. The minimum atomic E-state index is -3.44. The van der Waals surface area contributed by atoms with Gasteiger partial charge in [0.25, 0.3) is 0 Å². The Hall–Kier alpha value is -1.64. The van der Waals surface area contributed by atoms with E-state index >= 15 is 0 Å². The van der Waals surface area contributed by atoms with Gasteiger partial charge in [0, 0.05) is 39.8 Å². The lowest BCUT2D eigenvalue weighted by Crippen LogP contribution is -2.42. The zero-order valence-corrected chi connectivity index (χ0v) is 18.4. The molecule has 0 radical (unpaired) electrons. The van der Waals surface area contributed by atoms with Crippen molar-refractivity contribution >= 4 is 16.0 Å². The number of hydrogen-bond acceptors (Lipinski definition) is 4. The van der Waals surface area contributed by atoms with Crippen LogP contribution in [-0.4, -0.2) is 69.9 Å². The molecule has 0 amide bonds. The molecule has 0 spiro atoms. The summed E-state index contributed by atoms with van der Waals surface area (Å²) in [6, 6.07) is 6.94. The molecule has 0 aromatic heterocycles. The molecule has 1 aromatic rings. The van der Waals surface area contributed by atoms with Crippen LogP contribution in [0.15, 0.2) is 34.2 Å². The summed E-state index contributed by atoms with van der Waals surface area (Å²) in [4.78, 5) is 7.06. The summed E-state index contributed by atoms with van der Waals surface area (Å²) >= 11 is 0. The molecule has 0 atom stereocenters. The predicted octanol–water partition coefficient (Wildman–Crippen LogP) is 1.87. The minimum absolute atomic E-state index is 0.0781. The van der Waals surface area contributed by atoms with E-state index in [0.29, 0.717) is 11.4 Å². The first-order chi connectivity index (χ1) is 13.3. The lowest BCUT2D eigenvalue weighted by atomic mass is 10.1. The van der Waals surface area contributed by atoms with Crippen LogP contribution in [-0.2, 0) is 16.6 Å². The van der Waals surface area contributed by atoms with E-state index in [1.807, 2.05) is 26.0 Å². The van der Waals surface area contributed by atoms with Gasteiger partial charge in [-0.2, -0.15) is 4.31 Å². The molecule has 7 nitrogen and oxygen atoms in total. The van der Waals surface area contributed by atoms with E-state index in [2.05, 4.69) is 20.5 Å². The highest BCUT2D eigenvalue weighted by molar-refractivity contribution is 7.89. The first kappa shape index (κ1) is 22.6. The quantitative estimate of drug-likeness (QED) is 0.506. The lowest BCUT2D eigenvalue weighted by molar-refractivity contribution is 0.232. The summed E-state index contributed by atoms with van der Waals surface area (Å²) in [5.74, 6) is 0.758. The number of likely N-dealkylation sites (tertiary alicyclic amines) is 1. The van der Waals surface area contributed by atoms with Gasteiger partial charge in [0.15, 0.2) is 5.96 Å². The minimum Gasteiger partial charge on any atom is -0.355 e. The maximum Gasteiger partial charge on any atom is 0.243 e. The number of sulfonamides is 1. The number of rotatable bonds is 8. The predicted molar refractivity (Wildman–Crippen MR) is 115 cm³/mol. The smallest absolute Gasteiger partial charge is 0.243 e. The summed E-state index contributed by atoms with van der Waals surface area (Å²) < 4.78 is 26.4. The number of nitrogens with one attached hydrogen (secondary N) is 2. The monoisotopic (exact) mass is 409 g/mol.